The number of thiophene rings is 1. The summed E-state index contributed by atoms with van der Waals surface area (Å²) < 4.78 is 39.8. The second-order valence-corrected chi connectivity index (χ2v) is 12.4. The second kappa shape index (κ2) is 10.9. The average Bonchev–Trinajstić information content (AvgIpc) is 3.60. The third-order valence-corrected chi connectivity index (χ3v) is 10.0. The molecule has 196 valence electrons. The topological polar surface area (TPSA) is 76.2 Å². The van der Waals surface area contributed by atoms with Crippen molar-refractivity contribution in [2.45, 2.75) is 43.2 Å². The monoisotopic (exact) mass is 540 g/mol. The van der Waals surface area contributed by atoms with Gasteiger partial charge in [-0.3, -0.25) is 4.79 Å². The van der Waals surface area contributed by atoms with Gasteiger partial charge in [0.1, 0.15) is 5.75 Å². The van der Waals surface area contributed by atoms with Gasteiger partial charge in [0.05, 0.1) is 30.7 Å². The van der Waals surface area contributed by atoms with Gasteiger partial charge in [-0.2, -0.15) is 4.31 Å². The molecule has 0 aliphatic carbocycles. The average molecular weight is 541 g/mol. The molecule has 2 aliphatic rings. The molecule has 1 saturated heterocycles. The number of benzene rings is 2. The van der Waals surface area contributed by atoms with E-state index in [1.165, 1.54) is 28.4 Å². The fourth-order valence-corrected chi connectivity index (χ4v) is 7.54. The van der Waals surface area contributed by atoms with Crippen molar-refractivity contribution in [3.63, 3.8) is 0 Å². The second-order valence-electron chi connectivity index (χ2n) is 9.50. The molecule has 0 spiro atoms. The van der Waals surface area contributed by atoms with Gasteiger partial charge in [0.2, 0.25) is 15.9 Å². The molecular formula is C28H32N2O5S2. The van der Waals surface area contributed by atoms with Gasteiger partial charge in [0.15, 0.2) is 0 Å². The van der Waals surface area contributed by atoms with Crippen molar-refractivity contribution >= 4 is 27.3 Å². The van der Waals surface area contributed by atoms with Gasteiger partial charge < -0.3 is 14.4 Å². The quantitative estimate of drug-likeness (QED) is 0.423. The Morgan fingerprint density at radius 3 is 2.62 bits per heavy atom. The smallest absolute Gasteiger partial charge is 0.243 e. The summed E-state index contributed by atoms with van der Waals surface area (Å²) in [5.41, 5.74) is 3.30. The van der Waals surface area contributed by atoms with Gasteiger partial charge in [0.25, 0.3) is 0 Å². The van der Waals surface area contributed by atoms with E-state index in [1.807, 2.05) is 17.0 Å². The van der Waals surface area contributed by atoms with E-state index < -0.39 is 10.0 Å². The molecular weight excluding hydrogens is 508 g/mol. The zero-order valence-corrected chi connectivity index (χ0v) is 22.8. The Hall–Kier alpha value is -2.72. The maximum Gasteiger partial charge on any atom is 0.243 e. The normalized spacial score (nSPS) is 19.7. The molecule has 5 rings (SSSR count). The molecule has 0 N–H and O–H groups in total. The minimum atomic E-state index is -3.93. The number of rotatable bonds is 8. The Morgan fingerprint density at radius 2 is 1.92 bits per heavy atom. The predicted molar refractivity (Wildman–Crippen MR) is 143 cm³/mol. The molecule has 2 atom stereocenters. The summed E-state index contributed by atoms with van der Waals surface area (Å²) in [6, 6.07) is 16.2. The minimum Gasteiger partial charge on any atom is -0.497 e. The van der Waals surface area contributed by atoms with Crippen molar-refractivity contribution in [2.75, 3.05) is 33.4 Å². The molecule has 1 amide bonds. The number of methoxy groups -OCH3 is 1. The highest BCUT2D eigenvalue weighted by Crippen LogP contribution is 2.39. The van der Waals surface area contributed by atoms with Crippen molar-refractivity contribution in [1.82, 2.24) is 9.21 Å². The fraction of sp³-hybridized carbons (Fsp3) is 0.393. The summed E-state index contributed by atoms with van der Waals surface area (Å²) in [5.74, 6) is 0.363. The third kappa shape index (κ3) is 5.31. The zero-order valence-electron chi connectivity index (χ0n) is 21.1. The van der Waals surface area contributed by atoms with Crippen molar-refractivity contribution in [1.29, 1.82) is 0 Å². The molecule has 2 aliphatic heterocycles. The molecule has 0 saturated carbocycles. The van der Waals surface area contributed by atoms with Crippen LogP contribution in [0.15, 0.2) is 64.9 Å². The van der Waals surface area contributed by atoms with Crippen LogP contribution in [0.4, 0.5) is 0 Å². The Kier molecular flexibility index (Phi) is 7.67. The van der Waals surface area contributed by atoms with E-state index in [1.54, 1.807) is 23.5 Å². The first-order chi connectivity index (χ1) is 17.9. The van der Waals surface area contributed by atoms with E-state index >= 15 is 0 Å². The van der Waals surface area contributed by atoms with Crippen LogP contribution >= 0.6 is 11.3 Å². The number of fused-ring (bicyclic) bond motifs is 1. The number of ether oxygens (including phenoxy) is 2. The summed E-state index contributed by atoms with van der Waals surface area (Å²) in [5, 5.41) is 2.07. The highest BCUT2D eigenvalue weighted by atomic mass is 32.2. The van der Waals surface area contributed by atoms with Crippen molar-refractivity contribution in [3.8, 4) is 5.75 Å². The molecule has 2 unspecified atom stereocenters. The SMILES string of the molecule is COc1ccc(S(=O)(=O)N(CC(=O)N2CCc3sccc3C2c2ccccc2C)CC2CCCO2)cc1. The summed E-state index contributed by atoms with van der Waals surface area (Å²) >= 11 is 1.71. The van der Waals surface area contributed by atoms with Gasteiger partial charge in [-0.25, -0.2) is 8.42 Å². The molecule has 3 heterocycles. The number of carbonyl (C=O) groups is 1. The predicted octanol–water partition coefficient (Wildman–Crippen LogP) is 4.41. The third-order valence-electron chi connectivity index (χ3n) is 7.21. The lowest BCUT2D eigenvalue weighted by atomic mass is 9.90. The Balaban J connectivity index is 1.47. The van der Waals surface area contributed by atoms with Gasteiger partial charge in [-0.05, 0) is 78.6 Å². The van der Waals surface area contributed by atoms with Crippen LogP contribution in [0, 0.1) is 6.92 Å². The first-order valence-corrected chi connectivity index (χ1v) is 14.9. The van der Waals surface area contributed by atoms with E-state index in [-0.39, 0.29) is 36.0 Å². The molecule has 7 nitrogen and oxygen atoms in total. The van der Waals surface area contributed by atoms with Crippen LogP contribution in [0.3, 0.4) is 0 Å². The number of nitrogens with zero attached hydrogens (tertiary/aromatic N) is 2. The van der Waals surface area contributed by atoms with Crippen LogP contribution in [0.2, 0.25) is 0 Å². The number of aryl methyl sites for hydroxylation is 1. The van der Waals surface area contributed by atoms with Crippen LogP contribution in [0.25, 0.3) is 0 Å². The standard InChI is InChI=1S/C28H32N2O5S2/c1-20-6-3-4-8-24(20)28-25-14-17-36-26(25)13-15-30(28)27(31)19-29(18-22-7-5-16-35-22)37(32,33)23-11-9-21(34-2)10-12-23/h3-4,6,8-12,14,17,22,28H,5,7,13,15-16,18-19H2,1-2H3. The lowest BCUT2D eigenvalue weighted by molar-refractivity contribution is -0.133. The van der Waals surface area contributed by atoms with E-state index in [9.17, 15) is 13.2 Å². The van der Waals surface area contributed by atoms with E-state index in [0.29, 0.717) is 18.9 Å². The highest BCUT2D eigenvalue weighted by molar-refractivity contribution is 7.89. The van der Waals surface area contributed by atoms with Crippen LogP contribution in [-0.4, -0.2) is 63.0 Å². The number of carbonyl (C=O) groups excluding carboxylic acids is 1. The maximum atomic E-state index is 13.9. The largest absolute Gasteiger partial charge is 0.497 e. The van der Waals surface area contributed by atoms with E-state index in [4.69, 9.17) is 9.47 Å². The van der Waals surface area contributed by atoms with Crippen LogP contribution in [0.5, 0.6) is 5.75 Å². The van der Waals surface area contributed by atoms with Gasteiger partial charge in [-0.15, -0.1) is 11.3 Å². The number of sulfonamides is 1. The summed E-state index contributed by atoms with van der Waals surface area (Å²) in [4.78, 5) is 17.2. The lowest BCUT2D eigenvalue weighted by Gasteiger charge is -2.38. The zero-order chi connectivity index (χ0) is 26.0. The van der Waals surface area contributed by atoms with Crippen molar-refractivity contribution in [2.24, 2.45) is 0 Å². The van der Waals surface area contributed by atoms with E-state index in [0.717, 1.165) is 36.0 Å². The Bertz CT molecular complexity index is 1350. The molecule has 37 heavy (non-hydrogen) atoms. The summed E-state index contributed by atoms with van der Waals surface area (Å²) in [7, 11) is -2.40. The van der Waals surface area contributed by atoms with E-state index in [2.05, 4.69) is 30.5 Å². The van der Waals surface area contributed by atoms with Crippen molar-refractivity contribution in [3.05, 3.63) is 81.5 Å². The van der Waals surface area contributed by atoms with Gasteiger partial charge >= 0.3 is 0 Å². The maximum absolute atomic E-state index is 13.9. The van der Waals surface area contributed by atoms with Crippen molar-refractivity contribution < 1.29 is 22.7 Å². The molecule has 1 fully saturated rings. The lowest BCUT2D eigenvalue weighted by Crippen LogP contribution is -2.48. The summed E-state index contributed by atoms with van der Waals surface area (Å²) in [6.45, 7) is 3.11. The minimum absolute atomic E-state index is 0.133. The Labute approximate surface area is 222 Å². The highest BCUT2D eigenvalue weighted by Gasteiger charge is 2.37. The van der Waals surface area contributed by atoms with Gasteiger partial charge in [-0.1, -0.05) is 24.3 Å². The number of hydrogen-bond acceptors (Lipinski definition) is 6. The molecule has 3 aromatic rings. The molecule has 0 bridgehead atoms. The first kappa shape index (κ1) is 25.9. The molecule has 2 aromatic carbocycles. The molecule has 0 radical (unpaired) electrons. The van der Waals surface area contributed by atoms with Crippen LogP contribution in [0.1, 0.15) is 40.5 Å². The molecule has 9 heteroatoms. The summed E-state index contributed by atoms with van der Waals surface area (Å²) in [6.07, 6.45) is 2.20. The van der Waals surface area contributed by atoms with Gasteiger partial charge in [0, 0.05) is 24.6 Å². The Morgan fingerprint density at radius 1 is 1.14 bits per heavy atom. The fourth-order valence-electron chi connectivity index (χ4n) is 5.22. The first-order valence-electron chi connectivity index (χ1n) is 12.6. The number of hydrogen-bond donors (Lipinski definition) is 0. The number of amides is 1. The van der Waals surface area contributed by atoms with Crippen LogP contribution in [-0.2, 0) is 26.0 Å². The van der Waals surface area contributed by atoms with Crippen LogP contribution < -0.4 is 4.74 Å². The molecule has 1 aromatic heterocycles.